The molecule has 1 aliphatic rings. The number of rotatable bonds is 7. The van der Waals surface area contributed by atoms with Gasteiger partial charge in [-0.05, 0) is 37.3 Å². The van der Waals surface area contributed by atoms with Crippen LogP contribution in [-0.2, 0) is 9.53 Å². The highest BCUT2D eigenvalue weighted by atomic mass is 16.5. The number of benzene rings is 1. The number of carbonyl (C=O) groups excluding carboxylic acids is 2. The van der Waals surface area contributed by atoms with E-state index in [9.17, 15) is 9.59 Å². The fourth-order valence-corrected chi connectivity index (χ4v) is 3.01. The molecule has 0 radical (unpaired) electrons. The number of piperazine rings is 1. The fraction of sp³-hybridized carbons (Fsp3) is 0.400. The maximum absolute atomic E-state index is 12.2. The van der Waals surface area contributed by atoms with Gasteiger partial charge in [0.1, 0.15) is 0 Å². The largest absolute Gasteiger partial charge is 0.462 e. The number of nitrogens with zero attached hydrogens (tertiary/aromatic N) is 4. The molecule has 3 rings (SSSR count). The predicted octanol–water partition coefficient (Wildman–Crippen LogP) is 1.80. The van der Waals surface area contributed by atoms with Crippen LogP contribution in [0.3, 0.4) is 0 Å². The quantitative estimate of drug-likeness (QED) is 0.730. The van der Waals surface area contributed by atoms with Gasteiger partial charge < -0.3 is 15.0 Å². The Balaban J connectivity index is 1.39. The van der Waals surface area contributed by atoms with Gasteiger partial charge in [0.25, 0.3) is 0 Å². The van der Waals surface area contributed by atoms with E-state index in [2.05, 4.69) is 25.1 Å². The third-order valence-electron chi connectivity index (χ3n) is 4.54. The van der Waals surface area contributed by atoms with Crippen LogP contribution in [0.1, 0.15) is 23.7 Å². The van der Waals surface area contributed by atoms with Crippen molar-refractivity contribution in [1.29, 1.82) is 0 Å². The number of ether oxygens (including phenoxy) is 1. The van der Waals surface area contributed by atoms with Gasteiger partial charge in [-0.2, -0.15) is 0 Å². The van der Waals surface area contributed by atoms with Crippen LogP contribution in [0.2, 0.25) is 0 Å². The van der Waals surface area contributed by atoms with Crippen molar-refractivity contribution in [3.63, 3.8) is 0 Å². The first-order valence-electron chi connectivity index (χ1n) is 9.47. The van der Waals surface area contributed by atoms with Gasteiger partial charge in [0, 0.05) is 57.2 Å². The minimum atomic E-state index is -0.361. The summed E-state index contributed by atoms with van der Waals surface area (Å²) in [5, 5.41) is 2.87. The Morgan fingerprint density at radius 1 is 1.07 bits per heavy atom. The topological polar surface area (TPSA) is 87.7 Å². The Labute approximate surface area is 164 Å². The second kappa shape index (κ2) is 9.80. The van der Waals surface area contributed by atoms with E-state index < -0.39 is 0 Å². The van der Waals surface area contributed by atoms with Gasteiger partial charge in [0.2, 0.25) is 11.9 Å². The minimum Gasteiger partial charge on any atom is -0.462 e. The molecule has 28 heavy (non-hydrogen) atoms. The number of anilines is 2. The molecule has 1 aromatic heterocycles. The molecular formula is C20H25N5O3. The maximum atomic E-state index is 12.2. The number of nitrogens with one attached hydrogen (secondary N) is 1. The third kappa shape index (κ3) is 5.50. The maximum Gasteiger partial charge on any atom is 0.338 e. The van der Waals surface area contributed by atoms with E-state index in [0.717, 1.165) is 32.1 Å². The van der Waals surface area contributed by atoms with Gasteiger partial charge in [-0.25, -0.2) is 14.8 Å². The lowest BCUT2D eigenvalue weighted by Crippen LogP contribution is -2.47. The van der Waals surface area contributed by atoms with Crippen LogP contribution in [-0.4, -0.2) is 66.1 Å². The predicted molar refractivity (Wildman–Crippen MR) is 106 cm³/mol. The SMILES string of the molecule is CCOC(=O)c1ccc(NC(=O)CCN2CCN(c3ncccn3)CC2)cc1. The van der Waals surface area contributed by atoms with E-state index >= 15 is 0 Å². The second-order valence-electron chi connectivity index (χ2n) is 6.47. The molecule has 1 aromatic carbocycles. The Hall–Kier alpha value is -3.00. The van der Waals surface area contributed by atoms with Gasteiger partial charge in [-0.3, -0.25) is 9.69 Å². The third-order valence-corrected chi connectivity index (χ3v) is 4.54. The Kier molecular flexibility index (Phi) is 6.91. The Morgan fingerprint density at radius 3 is 2.39 bits per heavy atom. The monoisotopic (exact) mass is 383 g/mol. The van der Waals surface area contributed by atoms with Gasteiger partial charge in [-0.15, -0.1) is 0 Å². The lowest BCUT2D eigenvalue weighted by molar-refractivity contribution is -0.116. The zero-order valence-corrected chi connectivity index (χ0v) is 16.0. The first kappa shape index (κ1) is 19.8. The van der Waals surface area contributed by atoms with Crippen LogP contribution >= 0.6 is 0 Å². The van der Waals surface area contributed by atoms with Crippen molar-refractivity contribution >= 4 is 23.5 Å². The normalized spacial score (nSPS) is 14.5. The molecule has 0 atom stereocenters. The van der Waals surface area contributed by atoms with Gasteiger partial charge in [0.05, 0.1) is 12.2 Å². The fourth-order valence-electron chi connectivity index (χ4n) is 3.01. The van der Waals surface area contributed by atoms with Gasteiger partial charge in [-0.1, -0.05) is 0 Å². The number of carbonyl (C=O) groups is 2. The van der Waals surface area contributed by atoms with E-state index in [1.54, 1.807) is 43.6 Å². The highest BCUT2D eigenvalue weighted by Crippen LogP contribution is 2.12. The van der Waals surface area contributed by atoms with E-state index in [0.29, 0.717) is 30.8 Å². The molecule has 1 fully saturated rings. The molecule has 0 saturated carbocycles. The Bertz CT molecular complexity index is 774. The number of amides is 1. The summed E-state index contributed by atoms with van der Waals surface area (Å²) in [5.74, 6) is 0.351. The summed E-state index contributed by atoms with van der Waals surface area (Å²) >= 11 is 0. The molecule has 1 N–H and O–H groups in total. The average Bonchev–Trinajstić information content (AvgIpc) is 2.74. The number of hydrogen-bond donors (Lipinski definition) is 1. The number of hydrogen-bond acceptors (Lipinski definition) is 7. The lowest BCUT2D eigenvalue weighted by atomic mass is 10.2. The van der Waals surface area contributed by atoms with Crippen molar-refractivity contribution in [2.24, 2.45) is 0 Å². The van der Waals surface area contributed by atoms with Gasteiger partial charge in [0.15, 0.2) is 0 Å². The van der Waals surface area contributed by atoms with Crippen LogP contribution in [0.15, 0.2) is 42.7 Å². The zero-order chi connectivity index (χ0) is 19.8. The highest BCUT2D eigenvalue weighted by molar-refractivity contribution is 5.93. The molecule has 1 amide bonds. The summed E-state index contributed by atoms with van der Waals surface area (Å²) in [6.45, 7) is 6.25. The number of aromatic nitrogens is 2. The molecule has 1 aliphatic heterocycles. The van der Waals surface area contributed by atoms with Crippen LogP contribution in [0.4, 0.5) is 11.6 Å². The molecule has 8 nitrogen and oxygen atoms in total. The van der Waals surface area contributed by atoms with Gasteiger partial charge >= 0.3 is 5.97 Å². The van der Waals surface area contributed by atoms with Crippen molar-refractivity contribution < 1.29 is 14.3 Å². The van der Waals surface area contributed by atoms with E-state index in [-0.39, 0.29) is 11.9 Å². The van der Waals surface area contributed by atoms with Crippen molar-refractivity contribution in [3.05, 3.63) is 48.3 Å². The molecule has 8 heteroatoms. The van der Waals surface area contributed by atoms with Crippen molar-refractivity contribution in [2.75, 3.05) is 49.5 Å². The van der Waals surface area contributed by atoms with Crippen LogP contribution in [0.25, 0.3) is 0 Å². The van der Waals surface area contributed by atoms with Crippen molar-refractivity contribution in [2.45, 2.75) is 13.3 Å². The zero-order valence-electron chi connectivity index (χ0n) is 16.0. The first-order chi connectivity index (χ1) is 13.7. The van der Waals surface area contributed by atoms with Crippen molar-refractivity contribution in [1.82, 2.24) is 14.9 Å². The summed E-state index contributed by atoms with van der Waals surface area (Å²) in [4.78, 5) is 36.8. The first-order valence-corrected chi connectivity index (χ1v) is 9.47. The van der Waals surface area contributed by atoms with Crippen LogP contribution in [0.5, 0.6) is 0 Å². The molecule has 2 aromatic rings. The summed E-state index contributed by atoms with van der Waals surface area (Å²) < 4.78 is 4.95. The minimum absolute atomic E-state index is 0.0438. The summed E-state index contributed by atoms with van der Waals surface area (Å²) in [6.07, 6.45) is 3.91. The molecular weight excluding hydrogens is 358 g/mol. The standard InChI is InChI=1S/C20H25N5O3/c1-2-28-19(27)16-4-6-17(7-5-16)23-18(26)8-11-24-12-14-25(15-13-24)20-21-9-3-10-22-20/h3-7,9-10H,2,8,11-15H2,1H3,(H,23,26). The molecule has 0 bridgehead atoms. The molecule has 2 heterocycles. The second-order valence-corrected chi connectivity index (χ2v) is 6.47. The average molecular weight is 383 g/mol. The smallest absolute Gasteiger partial charge is 0.338 e. The molecule has 1 saturated heterocycles. The highest BCUT2D eigenvalue weighted by Gasteiger charge is 2.19. The molecule has 0 aliphatic carbocycles. The molecule has 148 valence electrons. The van der Waals surface area contributed by atoms with Crippen LogP contribution < -0.4 is 10.2 Å². The van der Waals surface area contributed by atoms with Crippen molar-refractivity contribution in [3.8, 4) is 0 Å². The Morgan fingerprint density at radius 2 is 1.75 bits per heavy atom. The van der Waals surface area contributed by atoms with E-state index in [4.69, 9.17) is 4.74 Å². The van der Waals surface area contributed by atoms with Crippen LogP contribution in [0, 0.1) is 0 Å². The van der Waals surface area contributed by atoms with E-state index in [1.807, 2.05) is 6.07 Å². The summed E-state index contributed by atoms with van der Waals surface area (Å²) in [7, 11) is 0. The lowest BCUT2D eigenvalue weighted by Gasteiger charge is -2.34. The summed E-state index contributed by atoms with van der Waals surface area (Å²) in [6, 6.07) is 8.53. The molecule has 0 spiro atoms. The van der Waals surface area contributed by atoms with E-state index in [1.165, 1.54) is 0 Å². The number of esters is 1. The molecule has 0 unspecified atom stereocenters. The summed E-state index contributed by atoms with van der Waals surface area (Å²) in [5.41, 5.74) is 1.14.